The zero-order valence-electron chi connectivity index (χ0n) is 11.5. The zero-order valence-corrected chi connectivity index (χ0v) is 11.5. The van der Waals surface area contributed by atoms with Crippen LogP contribution >= 0.6 is 0 Å². The van der Waals surface area contributed by atoms with Gasteiger partial charge >= 0.3 is 0 Å². The Labute approximate surface area is 97.9 Å². The predicted octanol–water partition coefficient (Wildman–Crippen LogP) is 4.37. The van der Waals surface area contributed by atoms with Gasteiger partial charge in [-0.05, 0) is 25.2 Å². The average Bonchev–Trinajstić information content (AvgIpc) is 2.18. The quantitative estimate of drug-likeness (QED) is 0.410. The van der Waals surface area contributed by atoms with Crippen LogP contribution in [0.3, 0.4) is 0 Å². The summed E-state index contributed by atoms with van der Waals surface area (Å²) in [5.41, 5.74) is 1.48. The highest BCUT2D eigenvalue weighted by atomic mass is 14.2. The van der Waals surface area contributed by atoms with Crippen LogP contribution in [-0.2, 0) is 0 Å². The summed E-state index contributed by atoms with van der Waals surface area (Å²) in [6.07, 6.45) is 7.71. The van der Waals surface area contributed by atoms with E-state index in [1.165, 1.54) is 44.1 Å². The van der Waals surface area contributed by atoms with E-state index in [-0.39, 0.29) is 0 Å². The Morgan fingerprint density at radius 3 is 2.33 bits per heavy atom. The maximum atomic E-state index is 4.31. The predicted molar refractivity (Wildman–Crippen MR) is 74.3 cm³/mol. The third-order valence-corrected chi connectivity index (χ3v) is 3.64. The van der Waals surface area contributed by atoms with Gasteiger partial charge in [0, 0.05) is 0 Å². The fourth-order valence-electron chi connectivity index (χ4n) is 2.03. The third-order valence-electron chi connectivity index (χ3n) is 3.64. The van der Waals surface area contributed by atoms with Gasteiger partial charge in [0.25, 0.3) is 0 Å². The lowest BCUT2D eigenvalue weighted by Gasteiger charge is -2.27. The van der Waals surface area contributed by atoms with Gasteiger partial charge in [-0.1, -0.05) is 64.4 Å². The summed E-state index contributed by atoms with van der Waals surface area (Å²) in [6.45, 7) is 13.5. The standard InChI is InChI=1S/C14H29B/c1-6-9-10-13(7-2)12(4)11-14(5,15)8-3/h13H,4,6-11,15H2,1-3,5H3. The molecule has 0 aromatic carbocycles. The Morgan fingerprint density at radius 2 is 1.93 bits per heavy atom. The molecule has 1 heteroatoms. The molecule has 0 saturated carbocycles. The van der Waals surface area contributed by atoms with Gasteiger partial charge in [0.1, 0.15) is 7.85 Å². The fourth-order valence-corrected chi connectivity index (χ4v) is 2.03. The summed E-state index contributed by atoms with van der Waals surface area (Å²) in [7, 11) is 2.35. The van der Waals surface area contributed by atoms with Crippen LogP contribution in [0.2, 0.25) is 5.31 Å². The van der Waals surface area contributed by atoms with Crippen LogP contribution in [0, 0.1) is 5.92 Å². The lowest BCUT2D eigenvalue weighted by molar-refractivity contribution is 0.469. The minimum absolute atomic E-state index is 0.441. The van der Waals surface area contributed by atoms with Crippen molar-refractivity contribution < 1.29 is 0 Å². The van der Waals surface area contributed by atoms with E-state index < -0.39 is 0 Å². The molecular weight excluding hydrogens is 179 g/mol. The third kappa shape index (κ3) is 6.07. The van der Waals surface area contributed by atoms with Gasteiger partial charge in [-0.2, -0.15) is 0 Å². The molecule has 0 heterocycles. The van der Waals surface area contributed by atoms with Crippen molar-refractivity contribution in [1.29, 1.82) is 0 Å². The molecule has 0 aliphatic heterocycles. The van der Waals surface area contributed by atoms with Crippen molar-refractivity contribution in [3.05, 3.63) is 12.2 Å². The van der Waals surface area contributed by atoms with Gasteiger partial charge in [-0.25, -0.2) is 0 Å². The molecule has 2 unspecified atom stereocenters. The first-order valence-electron chi connectivity index (χ1n) is 6.64. The van der Waals surface area contributed by atoms with Crippen LogP contribution in [0.4, 0.5) is 0 Å². The molecule has 88 valence electrons. The smallest absolute Gasteiger partial charge is 0.0996 e. The molecule has 0 N–H and O–H groups in total. The maximum absolute atomic E-state index is 4.31. The van der Waals surface area contributed by atoms with Crippen LogP contribution in [0.25, 0.3) is 0 Å². The van der Waals surface area contributed by atoms with E-state index in [0.717, 1.165) is 5.92 Å². The Bertz CT molecular complexity index is 182. The molecule has 0 spiro atoms. The topological polar surface area (TPSA) is 0 Å². The second-order valence-corrected chi connectivity index (χ2v) is 5.60. The molecule has 0 bridgehead atoms. The summed E-state index contributed by atoms with van der Waals surface area (Å²) >= 11 is 0. The maximum Gasteiger partial charge on any atom is 0.109 e. The Hall–Kier alpha value is -0.195. The molecule has 0 saturated heterocycles. The van der Waals surface area contributed by atoms with Crippen molar-refractivity contribution in [3.8, 4) is 0 Å². The summed E-state index contributed by atoms with van der Waals surface area (Å²) < 4.78 is 0. The van der Waals surface area contributed by atoms with Gasteiger partial charge < -0.3 is 0 Å². The highest BCUT2D eigenvalue weighted by Crippen LogP contribution is 2.37. The molecule has 0 aliphatic rings. The largest absolute Gasteiger partial charge is 0.109 e. The van der Waals surface area contributed by atoms with Crippen molar-refractivity contribution in [1.82, 2.24) is 0 Å². The van der Waals surface area contributed by atoms with Crippen molar-refractivity contribution in [3.63, 3.8) is 0 Å². The highest BCUT2D eigenvalue weighted by Gasteiger charge is 2.20. The molecular formula is C14H29B. The molecule has 0 aliphatic carbocycles. The van der Waals surface area contributed by atoms with Gasteiger partial charge in [0.05, 0.1) is 0 Å². The van der Waals surface area contributed by atoms with Crippen LogP contribution < -0.4 is 0 Å². The molecule has 0 rings (SSSR count). The minimum atomic E-state index is 0.441. The van der Waals surface area contributed by atoms with E-state index in [0.29, 0.717) is 5.31 Å². The van der Waals surface area contributed by atoms with E-state index in [1.54, 1.807) is 0 Å². The van der Waals surface area contributed by atoms with E-state index >= 15 is 0 Å². The summed E-state index contributed by atoms with van der Waals surface area (Å²) in [6, 6.07) is 0. The van der Waals surface area contributed by atoms with Gasteiger partial charge in [0.2, 0.25) is 0 Å². The first-order valence-corrected chi connectivity index (χ1v) is 6.64. The van der Waals surface area contributed by atoms with Crippen LogP contribution in [0.1, 0.15) is 66.2 Å². The molecule has 0 nitrogen and oxygen atoms in total. The average molecular weight is 208 g/mol. The minimum Gasteiger partial charge on any atom is -0.0996 e. The monoisotopic (exact) mass is 208 g/mol. The lowest BCUT2D eigenvalue weighted by Crippen LogP contribution is -2.12. The highest BCUT2D eigenvalue weighted by molar-refractivity contribution is 6.15. The second-order valence-electron chi connectivity index (χ2n) is 5.60. The molecule has 15 heavy (non-hydrogen) atoms. The summed E-state index contributed by atoms with van der Waals surface area (Å²) in [4.78, 5) is 0. The van der Waals surface area contributed by atoms with Crippen molar-refractivity contribution in [2.75, 3.05) is 0 Å². The van der Waals surface area contributed by atoms with Crippen molar-refractivity contribution in [2.24, 2.45) is 5.92 Å². The van der Waals surface area contributed by atoms with E-state index in [9.17, 15) is 0 Å². The van der Waals surface area contributed by atoms with E-state index in [1.807, 2.05) is 0 Å². The number of hydrogen-bond donors (Lipinski definition) is 0. The molecule has 0 aromatic rings. The van der Waals surface area contributed by atoms with E-state index in [4.69, 9.17) is 0 Å². The number of unbranched alkanes of at least 4 members (excludes halogenated alkanes) is 1. The molecule has 0 fully saturated rings. The summed E-state index contributed by atoms with van der Waals surface area (Å²) in [5.74, 6) is 0.760. The number of hydrogen-bond acceptors (Lipinski definition) is 0. The Kier molecular flexibility index (Phi) is 7.05. The number of allylic oxidation sites excluding steroid dienone is 1. The molecule has 0 amide bonds. The van der Waals surface area contributed by atoms with Crippen LogP contribution in [-0.4, -0.2) is 7.85 Å². The zero-order chi connectivity index (χ0) is 11.9. The van der Waals surface area contributed by atoms with Crippen LogP contribution in [0.15, 0.2) is 12.2 Å². The lowest BCUT2D eigenvalue weighted by atomic mass is 9.63. The molecule has 0 radical (unpaired) electrons. The van der Waals surface area contributed by atoms with Gasteiger partial charge in [-0.3, -0.25) is 0 Å². The normalized spacial score (nSPS) is 17.1. The Balaban J connectivity index is 4.15. The second kappa shape index (κ2) is 7.14. The molecule has 0 aromatic heterocycles. The summed E-state index contributed by atoms with van der Waals surface area (Å²) in [5, 5.41) is 0.441. The van der Waals surface area contributed by atoms with Crippen molar-refractivity contribution >= 4 is 7.85 Å². The van der Waals surface area contributed by atoms with Gasteiger partial charge in [-0.15, -0.1) is 0 Å². The first kappa shape index (κ1) is 14.8. The molecule has 2 atom stereocenters. The SMILES string of the molecule is BC(C)(CC)CC(=C)C(CC)CCCC. The first-order chi connectivity index (χ1) is 6.96. The van der Waals surface area contributed by atoms with Crippen molar-refractivity contribution in [2.45, 2.75) is 71.5 Å². The fraction of sp³-hybridized carbons (Fsp3) is 0.857. The Morgan fingerprint density at radius 1 is 1.33 bits per heavy atom. The number of rotatable bonds is 8. The van der Waals surface area contributed by atoms with Crippen LogP contribution in [0.5, 0.6) is 0 Å². The van der Waals surface area contributed by atoms with Gasteiger partial charge in [0.15, 0.2) is 0 Å². The van der Waals surface area contributed by atoms with E-state index in [2.05, 4.69) is 42.1 Å².